The Morgan fingerprint density at radius 2 is 0.534 bits per heavy atom. The van der Waals surface area contributed by atoms with E-state index in [9.17, 15) is 14.4 Å². The number of hydrogen-bond acceptors (Lipinski definition) is 6. The maximum absolute atomic E-state index is 12.8. The fourth-order valence-corrected chi connectivity index (χ4v) is 8.48. The number of carbonyl (C=O) groups excluding carboxylic acids is 3. The van der Waals surface area contributed by atoms with Gasteiger partial charge in [-0.2, -0.15) is 0 Å². The van der Waals surface area contributed by atoms with Gasteiger partial charge in [0, 0.05) is 19.3 Å². The zero-order chi connectivity index (χ0) is 52.9. The van der Waals surface area contributed by atoms with E-state index in [-0.39, 0.29) is 31.1 Å². The number of rotatable bonds is 55. The summed E-state index contributed by atoms with van der Waals surface area (Å²) in [6.45, 7) is 6.46. The van der Waals surface area contributed by atoms with Crippen molar-refractivity contribution in [1.82, 2.24) is 0 Å². The van der Waals surface area contributed by atoms with Gasteiger partial charge in [0.05, 0.1) is 0 Å². The van der Waals surface area contributed by atoms with Gasteiger partial charge in [-0.1, -0.05) is 266 Å². The van der Waals surface area contributed by atoms with Crippen molar-refractivity contribution in [3.63, 3.8) is 0 Å². The minimum absolute atomic E-state index is 0.0790. The second-order valence-electron chi connectivity index (χ2n) is 20.2. The van der Waals surface area contributed by atoms with Crippen molar-refractivity contribution in [3.05, 3.63) is 97.2 Å². The lowest BCUT2D eigenvalue weighted by Gasteiger charge is -2.18. The fourth-order valence-electron chi connectivity index (χ4n) is 8.48. The van der Waals surface area contributed by atoms with Gasteiger partial charge in [0.15, 0.2) is 6.10 Å². The van der Waals surface area contributed by atoms with Gasteiger partial charge in [0.1, 0.15) is 13.2 Å². The lowest BCUT2D eigenvalue weighted by molar-refractivity contribution is -0.167. The molecule has 6 nitrogen and oxygen atoms in total. The Kier molecular flexibility index (Phi) is 57.8. The molecule has 0 saturated heterocycles. The first-order valence-electron chi connectivity index (χ1n) is 30.7. The molecule has 418 valence electrons. The Labute approximate surface area is 451 Å². The number of carbonyl (C=O) groups is 3. The highest BCUT2D eigenvalue weighted by Crippen LogP contribution is 2.16. The minimum atomic E-state index is -0.779. The van der Waals surface area contributed by atoms with Gasteiger partial charge in [-0.15, -0.1) is 0 Å². The van der Waals surface area contributed by atoms with Gasteiger partial charge < -0.3 is 14.2 Å². The van der Waals surface area contributed by atoms with Crippen molar-refractivity contribution in [2.75, 3.05) is 13.2 Å². The Bertz CT molecular complexity index is 1440. The number of unbranched alkanes of at least 4 members (excludes halogenated alkanes) is 28. The summed E-state index contributed by atoms with van der Waals surface area (Å²) >= 11 is 0. The van der Waals surface area contributed by atoms with Crippen LogP contribution in [0.2, 0.25) is 0 Å². The molecule has 0 aromatic rings. The largest absolute Gasteiger partial charge is 0.462 e. The standard InChI is InChI=1S/C67H114O6/c1-4-7-10-13-16-18-20-22-24-26-27-28-29-30-31-32-33-34-35-36-37-38-39-41-42-44-46-48-51-54-57-60-66(69)72-63-64(62-71-65(68)59-56-53-50-15-12-9-6-3)73-67(70)61-58-55-52-49-47-45-43-40-25-23-21-19-17-14-11-8-5-2/h7,10,16-19,22-25,27-28,30-31,33-34,64H,4-6,8-9,11-15,20-21,26,29,32,35-63H2,1-3H3/b10-7-,18-16-,19-17-,24-22-,25-23-,28-27-,31-30-,34-33-. The van der Waals surface area contributed by atoms with E-state index in [4.69, 9.17) is 14.2 Å². The first kappa shape index (κ1) is 69.3. The Morgan fingerprint density at radius 3 is 0.863 bits per heavy atom. The first-order chi connectivity index (χ1) is 36.0. The fraction of sp³-hybridized carbons (Fsp3) is 0.716. The summed E-state index contributed by atoms with van der Waals surface area (Å²) in [7, 11) is 0. The highest BCUT2D eigenvalue weighted by atomic mass is 16.6. The topological polar surface area (TPSA) is 78.9 Å². The molecule has 0 fully saturated rings. The summed E-state index contributed by atoms with van der Waals surface area (Å²) in [6.07, 6.45) is 81.5. The normalized spacial score (nSPS) is 12.8. The molecule has 1 atom stereocenters. The smallest absolute Gasteiger partial charge is 0.306 e. The summed E-state index contributed by atoms with van der Waals surface area (Å²) in [5, 5.41) is 0. The summed E-state index contributed by atoms with van der Waals surface area (Å²) in [4.78, 5) is 38.0. The van der Waals surface area contributed by atoms with Gasteiger partial charge in [-0.25, -0.2) is 0 Å². The van der Waals surface area contributed by atoms with Crippen LogP contribution in [-0.4, -0.2) is 37.2 Å². The Balaban J connectivity index is 4.11. The Hall–Kier alpha value is -3.67. The number of esters is 3. The third kappa shape index (κ3) is 59.1. The lowest BCUT2D eigenvalue weighted by Crippen LogP contribution is -2.30. The van der Waals surface area contributed by atoms with Gasteiger partial charge >= 0.3 is 17.9 Å². The number of ether oxygens (including phenoxy) is 3. The third-order valence-electron chi connectivity index (χ3n) is 13.1. The van der Waals surface area contributed by atoms with Gasteiger partial charge in [0.25, 0.3) is 0 Å². The molecule has 6 heteroatoms. The molecule has 0 aromatic carbocycles. The van der Waals surface area contributed by atoms with Crippen LogP contribution < -0.4 is 0 Å². The number of hydrogen-bond donors (Lipinski definition) is 0. The first-order valence-corrected chi connectivity index (χ1v) is 30.7. The van der Waals surface area contributed by atoms with Crippen LogP contribution in [0.5, 0.6) is 0 Å². The van der Waals surface area contributed by atoms with Gasteiger partial charge in [0.2, 0.25) is 0 Å². The molecule has 0 saturated carbocycles. The zero-order valence-electron chi connectivity index (χ0n) is 47.9. The molecule has 0 bridgehead atoms. The highest BCUT2D eigenvalue weighted by molar-refractivity contribution is 5.71. The van der Waals surface area contributed by atoms with E-state index in [0.717, 1.165) is 109 Å². The molecule has 0 aliphatic carbocycles. The van der Waals surface area contributed by atoms with Crippen molar-refractivity contribution in [3.8, 4) is 0 Å². The lowest BCUT2D eigenvalue weighted by atomic mass is 10.0. The van der Waals surface area contributed by atoms with Gasteiger partial charge in [-0.3, -0.25) is 14.4 Å². The molecule has 0 radical (unpaired) electrons. The SMILES string of the molecule is CC/C=C\C/C=C\C/C=C\C/C=C\C/C=C\C/C=C\CCCCCCCCCCCCCCC(=O)OCC(COC(=O)CCCCCCCCC)OC(=O)CCCCCCCCC/C=C\C/C=C\CCCCC. The summed E-state index contributed by atoms with van der Waals surface area (Å²) < 4.78 is 16.8. The molecule has 0 amide bonds. The number of allylic oxidation sites excluding steroid dienone is 16. The van der Waals surface area contributed by atoms with E-state index in [1.54, 1.807) is 0 Å². The second-order valence-corrected chi connectivity index (χ2v) is 20.2. The van der Waals surface area contributed by atoms with E-state index >= 15 is 0 Å². The maximum Gasteiger partial charge on any atom is 0.306 e. The van der Waals surface area contributed by atoms with E-state index in [1.807, 2.05) is 0 Å². The quantitative estimate of drug-likeness (QED) is 0.0261. The van der Waals surface area contributed by atoms with E-state index < -0.39 is 6.10 Å². The van der Waals surface area contributed by atoms with Crippen LogP contribution in [0, 0.1) is 0 Å². The average molecular weight is 1020 g/mol. The van der Waals surface area contributed by atoms with Crippen LogP contribution in [0.3, 0.4) is 0 Å². The summed E-state index contributed by atoms with van der Waals surface area (Å²) in [5.74, 6) is -0.890. The van der Waals surface area contributed by atoms with Gasteiger partial charge in [-0.05, 0) is 103 Å². The van der Waals surface area contributed by atoms with Crippen molar-refractivity contribution in [2.45, 2.75) is 297 Å². The van der Waals surface area contributed by atoms with Crippen LogP contribution in [-0.2, 0) is 28.6 Å². The van der Waals surface area contributed by atoms with E-state index in [1.165, 1.54) is 141 Å². The molecule has 0 spiro atoms. The maximum atomic E-state index is 12.8. The molecule has 0 aliphatic rings. The summed E-state index contributed by atoms with van der Waals surface area (Å²) in [6, 6.07) is 0. The molecule has 0 heterocycles. The molecular formula is C67H114O6. The van der Waals surface area contributed by atoms with E-state index in [2.05, 4.69) is 118 Å². The highest BCUT2D eigenvalue weighted by Gasteiger charge is 2.19. The molecule has 0 aliphatic heterocycles. The predicted molar refractivity (Wildman–Crippen MR) is 316 cm³/mol. The third-order valence-corrected chi connectivity index (χ3v) is 13.1. The van der Waals surface area contributed by atoms with Crippen LogP contribution in [0.1, 0.15) is 290 Å². The molecule has 0 aromatic heterocycles. The van der Waals surface area contributed by atoms with Crippen molar-refractivity contribution in [2.24, 2.45) is 0 Å². The van der Waals surface area contributed by atoms with E-state index in [0.29, 0.717) is 19.3 Å². The minimum Gasteiger partial charge on any atom is -0.462 e. The van der Waals surface area contributed by atoms with Crippen LogP contribution in [0.4, 0.5) is 0 Å². The van der Waals surface area contributed by atoms with Crippen molar-refractivity contribution >= 4 is 17.9 Å². The molecular weight excluding hydrogens is 901 g/mol. The molecule has 0 rings (SSSR count). The Morgan fingerprint density at radius 1 is 0.288 bits per heavy atom. The summed E-state index contributed by atoms with van der Waals surface area (Å²) in [5.41, 5.74) is 0. The van der Waals surface area contributed by atoms with Crippen LogP contribution in [0.25, 0.3) is 0 Å². The zero-order valence-corrected chi connectivity index (χ0v) is 47.9. The van der Waals surface area contributed by atoms with Crippen molar-refractivity contribution in [1.29, 1.82) is 0 Å². The van der Waals surface area contributed by atoms with Crippen LogP contribution in [0.15, 0.2) is 97.2 Å². The predicted octanol–water partition coefficient (Wildman–Crippen LogP) is 20.9. The molecule has 73 heavy (non-hydrogen) atoms. The monoisotopic (exact) mass is 1010 g/mol. The van der Waals surface area contributed by atoms with Crippen molar-refractivity contribution < 1.29 is 28.6 Å². The second kappa shape index (κ2) is 60.9. The van der Waals surface area contributed by atoms with Crippen LogP contribution >= 0.6 is 0 Å². The average Bonchev–Trinajstić information content (AvgIpc) is 3.39. The molecule has 0 N–H and O–H groups in total. The molecule has 1 unspecified atom stereocenters.